The van der Waals surface area contributed by atoms with E-state index >= 15 is 0 Å². The molecule has 0 unspecified atom stereocenters. The van der Waals surface area contributed by atoms with Crippen LogP contribution in [0.4, 0.5) is 0 Å². The van der Waals surface area contributed by atoms with Crippen molar-refractivity contribution in [2.75, 3.05) is 40.3 Å². The number of carbonyl (C=O) groups excluding carboxylic acids is 3. The summed E-state index contributed by atoms with van der Waals surface area (Å²) >= 11 is 0. The van der Waals surface area contributed by atoms with Crippen LogP contribution in [-0.2, 0) is 38.1 Å². The summed E-state index contributed by atoms with van der Waals surface area (Å²) in [5.74, 6) is -1.53. The van der Waals surface area contributed by atoms with Crippen LogP contribution in [0.3, 0.4) is 0 Å². The molecule has 0 aromatic rings. The zero-order chi connectivity index (χ0) is 24.5. The van der Waals surface area contributed by atoms with E-state index in [0.29, 0.717) is 19.6 Å². The van der Waals surface area contributed by atoms with Crippen LogP contribution in [0.5, 0.6) is 0 Å². The van der Waals surface area contributed by atoms with Crippen molar-refractivity contribution in [2.45, 2.75) is 46.1 Å². The van der Waals surface area contributed by atoms with E-state index in [-0.39, 0.29) is 49.5 Å². The Balaban J connectivity index is 1.75. The smallest absolute Gasteiger partial charge is 0.324 e. The monoisotopic (exact) mass is 476 g/mol. The predicted octanol–water partition coefficient (Wildman–Crippen LogP) is 2.85. The predicted molar refractivity (Wildman–Crippen MR) is 121 cm³/mol. The van der Waals surface area contributed by atoms with Gasteiger partial charge in [0.1, 0.15) is 6.79 Å². The van der Waals surface area contributed by atoms with E-state index < -0.39 is 28.9 Å². The Kier molecular flexibility index (Phi) is 7.31. The van der Waals surface area contributed by atoms with E-state index in [1.54, 1.807) is 27.0 Å². The molecule has 0 saturated heterocycles. The van der Waals surface area contributed by atoms with Crippen LogP contribution in [0.2, 0.25) is 0 Å². The Hall–Kier alpha value is -2.03. The fraction of sp³-hybridized carbons (Fsp3) is 0.731. The number of ether oxygens (including phenoxy) is 5. The number of hydrogen-bond acceptors (Lipinski definition) is 8. The first-order valence-electron chi connectivity index (χ1n) is 12.3. The number of ketones is 1. The second-order valence-electron chi connectivity index (χ2n) is 9.89. The number of carbonyl (C=O) groups is 3. The first-order chi connectivity index (χ1) is 16.4. The Morgan fingerprint density at radius 2 is 1.82 bits per heavy atom. The number of rotatable bonds is 10. The molecule has 0 aromatic carbocycles. The fourth-order valence-electron chi connectivity index (χ4n) is 6.66. The van der Waals surface area contributed by atoms with Crippen molar-refractivity contribution in [3.8, 4) is 0 Å². The normalized spacial score (nSPS) is 34.9. The third kappa shape index (κ3) is 3.93. The first kappa shape index (κ1) is 25.1. The van der Waals surface area contributed by atoms with Crippen LogP contribution in [0.25, 0.3) is 0 Å². The van der Waals surface area contributed by atoms with E-state index in [0.717, 1.165) is 18.4 Å². The van der Waals surface area contributed by atoms with Gasteiger partial charge in [-0.05, 0) is 50.5 Å². The SMILES string of the molecule is CCOC(=O)C1(C(=O)OCC)[C@H]2[C@H]3C[C@H](C)CC4=CC(=O)C[C@]4(C=C[C@H]21)[C@@H]3OCOCCOC. The van der Waals surface area contributed by atoms with Crippen molar-refractivity contribution >= 4 is 17.7 Å². The molecule has 1 spiro atoms. The summed E-state index contributed by atoms with van der Waals surface area (Å²) in [5.41, 5.74) is -0.881. The molecule has 6 atom stereocenters. The average molecular weight is 477 g/mol. The molecule has 2 fully saturated rings. The minimum absolute atomic E-state index is 0.0408. The number of methoxy groups -OCH3 is 1. The van der Waals surface area contributed by atoms with Gasteiger partial charge in [0.15, 0.2) is 11.2 Å². The molecule has 0 radical (unpaired) electrons. The largest absolute Gasteiger partial charge is 0.465 e. The highest BCUT2D eigenvalue weighted by Crippen LogP contribution is 2.70. The summed E-state index contributed by atoms with van der Waals surface area (Å²) in [6.07, 6.45) is 7.21. The molecule has 4 aliphatic rings. The van der Waals surface area contributed by atoms with Gasteiger partial charge in [0.2, 0.25) is 0 Å². The molecule has 0 N–H and O–H groups in total. The van der Waals surface area contributed by atoms with Crippen molar-refractivity contribution < 1.29 is 38.1 Å². The molecule has 8 heteroatoms. The van der Waals surface area contributed by atoms with E-state index in [2.05, 4.69) is 6.92 Å². The molecule has 4 aliphatic carbocycles. The van der Waals surface area contributed by atoms with Gasteiger partial charge in [0, 0.05) is 24.9 Å². The van der Waals surface area contributed by atoms with Gasteiger partial charge in [0.25, 0.3) is 0 Å². The van der Waals surface area contributed by atoms with Crippen LogP contribution in [-0.4, -0.2) is 64.2 Å². The standard InChI is InChI=1S/C26H36O8/c1-5-32-23(28)26(24(29)33-6-2)20-7-8-25-14-18(27)13-17(25)11-16(3)12-19(21(20)26)22(25)34-15-31-10-9-30-4/h7-8,13,16,19-22H,5-6,9-12,14-15H2,1-4H3/t16-,19-,20-,21+,22-,25+/m1/s1. The van der Waals surface area contributed by atoms with Crippen molar-refractivity contribution in [3.63, 3.8) is 0 Å². The molecule has 0 aromatic heterocycles. The van der Waals surface area contributed by atoms with E-state index in [9.17, 15) is 14.4 Å². The van der Waals surface area contributed by atoms with Crippen LogP contribution in [0, 0.1) is 34.5 Å². The second-order valence-corrected chi connectivity index (χ2v) is 9.89. The third-order valence-corrected chi connectivity index (χ3v) is 7.92. The molecule has 188 valence electrons. The molecule has 34 heavy (non-hydrogen) atoms. The minimum Gasteiger partial charge on any atom is -0.465 e. The summed E-state index contributed by atoms with van der Waals surface area (Å²) in [6.45, 7) is 6.86. The Labute approximate surface area is 201 Å². The molecule has 8 nitrogen and oxygen atoms in total. The van der Waals surface area contributed by atoms with Crippen molar-refractivity contribution in [2.24, 2.45) is 34.5 Å². The molecule has 0 heterocycles. The van der Waals surface area contributed by atoms with Gasteiger partial charge >= 0.3 is 11.9 Å². The van der Waals surface area contributed by atoms with E-state index in [1.807, 2.05) is 12.2 Å². The molecule has 0 amide bonds. The van der Waals surface area contributed by atoms with Gasteiger partial charge < -0.3 is 23.7 Å². The highest BCUT2D eigenvalue weighted by Gasteiger charge is 2.79. The molecule has 0 aliphatic heterocycles. The van der Waals surface area contributed by atoms with Gasteiger partial charge in [-0.15, -0.1) is 0 Å². The summed E-state index contributed by atoms with van der Waals surface area (Å²) in [5, 5.41) is 0. The van der Waals surface area contributed by atoms with Crippen LogP contribution >= 0.6 is 0 Å². The van der Waals surface area contributed by atoms with Gasteiger partial charge in [-0.2, -0.15) is 0 Å². The lowest BCUT2D eigenvalue weighted by molar-refractivity contribution is -0.169. The lowest BCUT2D eigenvalue weighted by Crippen LogP contribution is -2.44. The summed E-state index contributed by atoms with van der Waals surface area (Å²) in [6, 6.07) is 0. The maximum absolute atomic E-state index is 13.3. The topological polar surface area (TPSA) is 97.4 Å². The van der Waals surface area contributed by atoms with E-state index in [1.165, 1.54) is 0 Å². The number of fused-ring (bicyclic) bond motifs is 3. The highest BCUT2D eigenvalue weighted by molar-refractivity contribution is 6.05. The van der Waals surface area contributed by atoms with Crippen LogP contribution in [0.15, 0.2) is 23.8 Å². The number of allylic oxidation sites excluding steroid dienone is 2. The van der Waals surface area contributed by atoms with Crippen LogP contribution < -0.4 is 0 Å². The zero-order valence-corrected chi connectivity index (χ0v) is 20.5. The third-order valence-electron chi connectivity index (χ3n) is 7.92. The Bertz CT molecular complexity index is 858. The fourth-order valence-corrected chi connectivity index (χ4v) is 6.66. The lowest BCUT2D eigenvalue weighted by Gasteiger charge is -2.39. The maximum Gasteiger partial charge on any atom is 0.324 e. The van der Waals surface area contributed by atoms with Crippen molar-refractivity contribution in [1.29, 1.82) is 0 Å². The quantitative estimate of drug-likeness (QED) is 0.156. The highest BCUT2D eigenvalue weighted by atomic mass is 16.7. The first-order valence-corrected chi connectivity index (χ1v) is 12.3. The van der Waals surface area contributed by atoms with Gasteiger partial charge in [-0.3, -0.25) is 14.4 Å². The molecule has 4 rings (SSSR count). The number of esters is 2. The van der Waals surface area contributed by atoms with Crippen molar-refractivity contribution in [1.82, 2.24) is 0 Å². The molecular weight excluding hydrogens is 440 g/mol. The van der Waals surface area contributed by atoms with Gasteiger partial charge in [-0.1, -0.05) is 24.6 Å². The Morgan fingerprint density at radius 3 is 2.47 bits per heavy atom. The summed E-state index contributed by atoms with van der Waals surface area (Å²) < 4.78 is 27.9. The summed E-state index contributed by atoms with van der Waals surface area (Å²) in [7, 11) is 1.61. The average Bonchev–Trinajstić information content (AvgIpc) is 3.41. The van der Waals surface area contributed by atoms with E-state index in [4.69, 9.17) is 23.7 Å². The Morgan fingerprint density at radius 1 is 1.12 bits per heavy atom. The van der Waals surface area contributed by atoms with Gasteiger partial charge in [0.05, 0.1) is 32.5 Å². The minimum atomic E-state index is -1.37. The lowest BCUT2D eigenvalue weighted by atomic mass is 9.70. The molecule has 2 bridgehead atoms. The molecular formula is C26H36O8. The summed E-state index contributed by atoms with van der Waals surface area (Å²) in [4.78, 5) is 39.2. The maximum atomic E-state index is 13.3. The van der Waals surface area contributed by atoms with Crippen LogP contribution in [0.1, 0.15) is 40.0 Å². The zero-order valence-electron chi connectivity index (χ0n) is 20.5. The number of hydrogen-bond donors (Lipinski definition) is 0. The van der Waals surface area contributed by atoms with Crippen molar-refractivity contribution in [3.05, 3.63) is 23.8 Å². The molecule has 2 saturated carbocycles. The second kappa shape index (κ2) is 9.91. The van der Waals surface area contributed by atoms with Gasteiger partial charge in [-0.25, -0.2) is 0 Å².